The molecule has 0 atom stereocenters. The molecule has 0 unspecified atom stereocenters. The van der Waals surface area contributed by atoms with E-state index in [0.717, 1.165) is 16.7 Å². The summed E-state index contributed by atoms with van der Waals surface area (Å²) in [7, 11) is 0. The molecule has 4 rings (SSSR count). The molecule has 1 heterocycles. The van der Waals surface area contributed by atoms with Crippen LogP contribution in [0.5, 0.6) is 0 Å². The van der Waals surface area contributed by atoms with E-state index in [4.69, 9.17) is 4.42 Å². The summed E-state index contributed by atoms with van der Waals surface area (Å²) >= 11 is 0. The molecule has 0 radical (unpaired) electrons. The van der Waals surface area contributed by atoms with Crippen LogP contribution in [0, 0.1) is 24.6 Å². The van der Waals surface area contributed by atoms with Gasteiger partial charge in [0.1, 0.15) is 17.0 Å². The van der Waals surface area contributed by atoms with Crippen molar-refractivity contribution in [2.45, 2.75) is 6.92 Å². The first-order chi connectivity index (χ1) is 13.1. The number of hydrogen-bond acceptors (Lipinski definition) is 2. The Balaban J connectivity index is 2.00. The Morgan fingerprint density at radius 1 is 0.889 bits per heavy atom. The Kier molecular flexibility index (Phi) is 4.32. The highest BCUT2D eigenvalue weighted by Crippen LogP contribution is 2.30. The van der Waals surface area contributed by atoms with Gasteiger partial charge in [0, 0.05) is 22.6 Å². The van der Waals surface area contributed by atoms with Crippen LogP contribution in [-0.4, -0.2) is 0 Å². The topological polar surface area (TPSA) is 30.2 Å². The van der Waals surface area contributed by atoms with E-state index < -0.39 is 11.4 Å². The summed E-state index contributed by atoms with van der Waals surface area (Å²) in [6.45, 7) is 2.00. The molecule has 0 bridgehead atoms. The monoisotopic (exact) mass is 354 g/mol. The van der Waals surface area contributed by atoms with E-state index in [2.05, 4.69) is 11.8 Å². The Hall–Kier alpha value is -3.64. The maximum Gasteiger partial charge on any atom is 0.352 e. The molecule has 4 aromatic rings. The molecule has 3 aromatic carbocycles. The summed E-state index contributed by atoms with van der Waals surface area (Å²) in [4.78, 5) is 12.6. The smallest absolute Gasteiger partial charge is 0.352 e. The first kappa shape index (κ1) is 16.8. The van der Waals surface area contributed by atoms with Crippen LogP contribution in [0.25, 0.3) is 22.1 Å². The van der Waals surface area contributed by atoms with Crippen LogP contribution in [-0.2, 0) is 0 Å². The summed E-state index contributed by atoms with van der Waals surface area (Å²) in [5.74, 6) is 5.55. The van der Waals surface area contributed by atoms with E-state index in [1.54, 1.807) is 6.07 Å². The lowest BCUT2D eigenvalue weighted by molar-refractivity contribution is 0.553. The normalized spacial score (nSPS) is 10.4. The fourth-order valence-corrected chi connectivity index (χ4v) is 2.96. The third kappa shape index (κ3) is 3.38. The molecular weight excluding hydrogens is 339 g/mol. The minimum Gasteiger partial charge on any atom is -0.422 e. The first-order valence-corrected chi connectivity index (χ1v) is 8.52. The molecule has 27 heavy (non-hydrogen) atoms. The maximum atomic E-state index is 13.6. The van der Waals surface area contributed by atoms with Crippen molar-refractivity contribution in [1.82, 2.24) is 0 Å². The lowest BCUT2D eigenvalue weighted by atomic mass is 9.97. The fraction of sp³-hybridized carbons (Fsp3) is 0.0417. The lowest BCUT2D eigenvalue weighted by Gasteiger charge is -2.08. The minimum absolute atomic E-state index is 0.208. The molecule has 0 aliphatic carbocycles. The second-order valence-electron chi connectivity index (χ2n) is 6.26. The quantitative estimate of drug-likeness (QED) is 0.343. The van der Waals surface area contributed by atoms with E-state index in [1.807, 2.05) is 61.5 Å². The zero-order valence-corrected chi connectivity index (χ0v) is 14.6. The van der Waals surface area contributed by atoms with Crippen molar-refractivity contribution >= 4 is 11.0 Å². The molecule has 3 heteroatoms. The molecule has 2 nitrogen and oxygen atoms in total. The summed E-state index contributed by atoms with van der Waals surface area (Å²) in [6.07, 6.45) is 0. The highest BCUT2D eigenvalue weighted by atomic mass is 19.1. The highest BCUT2D eigenvalue weighted by Gasteiger charge is 2.15. The second kappa shape index (κ2) is 6.93. The molecule has 0 amide bonds. The van der Waals surface area contributed by atoms with E-state index in [0.29, 0.717) is 10.9 Å². The molecule has 0 N–H and O–H groups in total. The molecule has 0 saturated heterocycles. The Bertz CT molecular complexity index is 1240. The van der Waals surface area contributed by atoms with Gasteiger partial charge in [-0.3, -0.25) is 0 Å². The van der Waals surface area contributed by atoms with Gasteiger partial charge in [-0.1, -0.05) is 59.9 Å². The number of benzene rings is 3. The maximum absolute atomic E-state index is 13.6. The van der Waals surface area contributed by atoms with Gasteiger partial charge in [0.25, 0.3) is 0 Å². The summed E-state index contributed by atoms with van der Waals surface area (Å²) < 4.78 is 19.0. The van der Waals surface area contributed by atoms with Crippen molar-refractivity contribution in [2.75, 3.05) is 0 Å². The molecule has 1 aromatic heterocycles. The summed E-state index contributed by atoms with van der Waals surface area (Å²) in [6, 6.07) is 21.4. The predicted molar refractivity (Wildman–Crippen MR) is 105 cm³/mol. The Labute approximate surface area is 155 Å². The third-order valence-corrected chi connectivity index (χ3v) is 4.32. The SMILES string of the molecule is Cc1ccc(C#Cc2c(-c3ccccc3)c3ccc(F)cc3oc2=O)cc1. The van der Waals surface area contributed by atoms with Crippen LogP contribution >= 0.6 is 0 Å². The van der Waals surface area contributed by atoms with Crippen LogP contribution in [0.1, 0.15) is 16.7 Å². The van der Waals surface area contributed by atoms with Crippen LogP contribution in [0.4, 0.5) is 4.39 Å². The molecule has 0 aliphatic heterocycles. The minimum atomic E-state index is -0.577. The summed E-state index contributed by atoms with van der Waals surface area (Å²) in [5.41, 5.74) is 3.32. The second-order valence-corrected chi connectivity index (χ2v) is 6.26. The van der Waals surface area contributed by atoms with Gasteiger partial charge in [0.05, 0.1) is 0 Å². The largest absolute Gasteiger partial charge is 0.422 e. The van der Waals surface area contributed by atoms with E-state index in [1.165, 1.54) is 12.1 Å². The van der Waals surface area contributed by atoms with Gasteiger partial charge in [0.2, 0.25) is 0 Å². The third-order valence-electron chi connectivity index (χ3n) is 4.32. The van der Waals surface area contributed by atoms with Gasteiger partial charge < -0.3 is 4.42 Å². The molecule has 0 fully saturated rings. The summed E-state index contributed by atoms with van der Waals surface area (Å²) in [5, 5.41) is 0.649. The van der Waals surface area contributed by atoms with E-state index >= 15 is 0 Å². The van der Waals surface area contributed by atoms with Gasteiger partial charge in [-0.25, -0.2) is 9.18 Å². The van der Waals surface area contributed by atoms with Gasteiger partial charge in [-0.05, 0) is 36.8 Å². The molecule has 0 saturated carbocycles. The van der Waals surface area contributed by atoms with Gasteiger partial charge in [-0.15, -0.1) is 0 Å². The van der Waals surface area contributed by atoms with Crippen molar-refractivity contribution in [3.05, 3.63) is 106 Å². The molecule has 130 valence electrons. The van der Waals surface area contributed by atoms with Crippen LogP contribution in [0.15, 0.2) is 82.0 Å². The number of fused-ring (bicyclic) bond motifs is 1. The number of hydrogen-bond donors (Lipinski definition) is 0. The zero-order valence-electron chi connectivity index (χ0n) is 14.6. The zero-order chi connectivity index (χ0) is 18.8. The Morgan fingerprint density at radius 2 is 1.63 bits per heavy atom. The van der Waals surface area contributed by atoms with Crippen molar-refractivity contribution in [1.29, 1.82) is 0 Å². The number of halogens is 1. The van der Waals surface area contributed by atoms with Gasteiger partial charge in [-0.2, -0.15) is 0 Å². The first-order valence-electron chi connectivity index (χ1n) is 8.52. The molecular formula is C24H15FO2. The Morgan fingerprint density at radius 3 is 2.37 bits per heavy atom. The van der Waals surface area contributed by atoms with Crippen molar-refractivity contribution < 1.29 is 8.81 Å². The van der Waals surface area contributed by atoms with Gasteiger partial charge >= 0.3 is 5.63 Å². The molecule has 0 spiro atoms. The number of aryl methyl sites for hydroxylation is 1. The van der Waals surface area contributed by atoms with Crippen molar-refractivity contribution in [3.63, 3.8) is 0 Å². The van der Waals surface area contributed by atoms with Gasteiger partial charge in [0.15, 0.2) is 0 Å². The van der Waals surface area contributed by atoms with E-state index in [-0.39, 0.29) is 11.1 Å². The molecule has 0 aliphatic rings. The van der Waals surface area contributed by atoms with Crippen molar-refractivity contribution in [3.8, 4) is 23.0 Å². The fourth-order valence-electron chi connectivity index (χ4n) is 2.96. The van der Waals surface area contributed by atoms with E-state index in [9.17, 15) is 9.18 Å². The van der Waals surface area contributed by atoms with Crippen LogP contribution in [0.3, 0.4) is 0 Å². The standard InChI is InChI=1S/C24H15FO2/c1-16-7-9-17(10-8-16)11-13-21-23(18-5-3-2-4-6-18)20-14-12-19(25)15-22(20)27-24(21)26/h2-10,12,14-15H,1H3. The average molecular weight is 354 g/mol. The highest BCUT2D eigenvalue weighted by molar-refractivity contribution is 5.96. The van der Waals surface area contributed by atoms with Crippen LogP contribution < -0.4 is 5.63 Å². The lowest BCUT2D eigenvalue weighted by Crippen LogP contribution is -2.07. The number of rotatable bonds is 1. The van der Waals surface area contributed by atoms with Crippen molar-refractivity contribution in [2.24, 2.45) is 0 Å². The average Bonchev–Trinajstić information content (AvgIpc) is 2.68. The van der Waals surface area contributed by atoms with Crippen LogP contribution in [0.2, 0.25) is 0 Å². The predicted octanol–water partition coefficient (Wildman–Crippen LogP) is 5.31.